The van der Waals surface area contributed by atoms with Crippen LogP contribution in [0.5, 0.6) is 0 Å². The van der Waals surface area contributed by atoms with Crippen molar-refractivity contribution in [1.29, 1.82) is 0 Å². The molecule has 0 aliphatic carbocycles. The normalized spacial score (nSPS) is 11.3. The van der Waals surface area contributed by atoms with Crippen LogP contribution in [0.25, 0.3) is 0 Å². The Balaban J connectivity index is 0.000000400. The highest BCUT2D eigenvalue weighted by Gasteiger charge is 2.01. The van der Waals surface area contributed by atoms with Gasteiger partial charge in [0.15, 0.2) is 0 Å². The molecule has 0 spiro atoms. The number of aromatic carboxylic acids is 1. The number of benzene rings is 1. The Morgan fingerprint density at radius 3 is 2.14 bits per heavy atom. The number of unbranched alkanes of at least 4 members (excludes halogenated alkanes) is 1. The first-order valence-electron chi connectivity index (χ1n) is 7.66. The van der Waals surface area contributed by atoms with Crippen LogP contribution in [0.2, 0.25) is 0 Å². The van der Waals surface area contributed by atoms with E-state index in [1.54, 1.807) is 24.3 Å². The molecule has 0 bridgehead atoms. The number of nitrogens with zero attached hydrogens (tertiary/aromatic N) is 1. The minimum absolute atomic E-state index is 0.320. The maximum atomic E-state index is 10.5. The van der Waals surface area contributed by atoms with Gasteiger partial charge in [-0.2, -0.15) is 0 Å². The van der Waals surface area contributed by atoms with Crippen LogP contribution in [0.3, 0.4) is 0 Å². The SMILES string of the molecule is CCCCC(CC)CN.CN(C)c1ccc(C(=O)O)cc1. The molecule has 1 atom stereocenters. The molecular formula is C17H30N2O2. The summed E-state index contributed by atoms with van der Waals surface area (Å²) in [4.78, 5) is 12.4. The predicted octanol–water partition coefficient (Wildman–Crippen LogP) is 3.61. The molecule has 1 aromatic carbocycles. The summed E-state index contributed by atoms with van der Waals surface area (Å²) in [6.45, 7) is 5.31. The highest BCUT2D eigenvalue weighted by Crippen LogP contribution is 2.11. The van der Waals surface area contributed by atoms with E-state index in [1.165, 1.54) is 25.7 Å². The van der Waals surface area contributed by atoms with Crippen molar-refractivity contribution in [1.82, 2.24) is 0 Å². The molecule has 3 N–H and O–H groups in total. The predicted molar refractivity (Wildman–Crippen MR) is 90.1 cm³/mol. The van der Waals surface area contributed by atoms with Gasteiger partial charge in [-0.3, -0.25) is 0 Å². The second-order valence-corrected chi connectivity index (χ2v) is 5.40. The summed E-state index contributed by atoms with van der Waals surface area (Å²) in [5, 5.41) is 8.60. The first kappa shape index (κ1) is 19.4. The van der Waals surface area contributed by atoms with Crippen LogP contribution < -0.4 is 10.6 Å². The molecule has 0 aliphatic heterocycles. The lowest BCUT2D eigenvalue weighted by Crippen LogP contribution is -2.12. The average molecular weight is 294 g/mol. The number of anilines is 1. The quantitative estimate of drug-likeness (QED) is 0.806. The van der Waals surface area contributed by atoms with E-state index in [-0.39, 0.29) is 0 Å². The van der Waals surface area contributed by atoms with Crippen molar-refractivity contribution in [3.8, 4) is 0 Å². The Labute approximate surface area is 129 Å². The van der Waals surface area contributed by atoms with Crippen LogP contribution >= 0.6 is 0 Å². The zero-order valence-electron chi connectivity index (χ0n) is 13.8. The molecule has 0 heterocycles. The smallest absolute Gasteiger partial charge is 0.335 e. The lowest BCUT2D eigenvalue weighted by atomic mass is 10.00. The second kappa shape index (κ2) is 11.1. The van der Waals surface area contributed by atoms with E-state index in [0.29, 0.717) is 5.56 Å². The molecule has 1 unspecified atom stereocenters. The van der Waals surface area contributed by atoms with Crippen molar-refractivity contribution < 1.29 is 9.90 Å². The molecule has 1 rings (SSSR count). The second-order valence-electron chi connectivity index (χ2n) is 5.40. The molecule has 0 aromatic heterocycles. The van der Waals surface area contributed by atoms with E-state index in [1.807, 2.05) is 19.0 Å². The summed E-state index contributed by atoms with van der Waals surface area (Å²) in [5.41, 5.74) is 6.84. The van der Waals surface area contributed by atoms with Crippen LogP contribution in [0.15, 0.2) is 24.3 Å². The molecule has 0 saturated carbocycles. The highest BCUT2D eigenvalue weighted by atomic mass is 16.4. The van der Waals surface area contributed by atoms with E-state index in [2.05, 4.69) is 13.8 Å². The Morgan fingerprint density at radius 2 is 1.81 bits per heavy atom. The van der Waals surface area contributed by atoms with Gasteiger partial charge in [0.05, 0.1) is 5.56 Å². The number of carboxylic acids is 1. The van der Waals surface area contributed by atoms with Crippen molar-refractivity contribution in [2.75, 3.05) is 25.5 Å². The minimum atomic E-state index is -0.889. The third-order valence-electron chi connectivity index (χ3n) is 3.51. The molecule has 120 valence electrons. The number of nitrogens with two attached hydrogens (primary N) is 1. The van der Waals surface area contributed by atoms with Crippen molar-refractivity contribution in [3.63, 3.8) is 0 Å². The molecule has 0 radical (unpaired) electrons. The Kier molecular flexibility index (Phi) is 10.3. The van der Waals surface area contributed by atoms with Crippen LogP contribution in [0, 0.1) is 5.92 Å². The highest BCUT2D eigenvalue weighted by molar-refractivity contribution is 5.88. The molecule has 0 amide bonds. The third-order valence-corrected chi connectivity index (χ3v) is 3.51. The van der Waals surface area contributed by atoms with E-state index >= 15 is 0 Å². The number of rotatable bonds is 7. The summed E-state index contributed by atoms with van der Waals surface area (Å²) in [5.74, 6) is -0.106. The van der Waals surface area contributed by atoms with Crippen LogP contribution in [-0.2, 0) is 0 Å². The lowest BCUT2D eigenvalue weighted by molar-refractivity contribution is 0.0697. The van der Waals surface area contributed by atoms with E-state index in [4.69, 9.17) is 10.8 Å². The zero-order valence-corrected chi connectivity index (χ0v) is 13.8. The Morgan fingerprint density at radius 1 is 1.24 bits per heavy atom. The van der Waals surface area contributed by atoms with Crippen molar-refractivity contribution in [3.05, 3.63) is 29.8 Å². The molecule has 0 saturated heterocycles. The van der Waals surface area contributed by atoms with Crippen LogP contribution in [0.4, 0.5) is 5.69 Å². The zero-order chi connectivity index (χ0) is 16.3. The maximum Gasteiger partial charge on any atom is 0.335 e. The molecule has 1 aromatic rings. The lowest BCUT2D eigenvalue weighted by Gasteiger charge is -2.11. The first-order chi connectivity index (χ1) is 9.96. The van der Waals surface area contributed by atoms with Crippen molar-refractivity contribution in [2.45, 2.75) is 39.5 Å². The first-order valence-corrected chi connectivity index (χ1v) is 7.66. The Hall–Kier alpha value is -1.55. The van der Waals surface area contributed by atoms with Crippen LogP contribution in [-0.4, -0.2) is 31.7 Å². The largest absolute Gasteiger partial charge is 0.478 e. The Bertz CT molecular complexity index is 384. The molecular weight excluding hydrogens is 264 g/mol. The molecule has 0 fully saturated rings. The third kappa shape index (κ3) is 8.35. The number of hydrogen-bond acceptors (Lipinski definition) is 3. The van der Waals surface area contributed by atoms with Crippen molar-refractivity contribution >= 4 is 11.7 Å². The number of hydrogen-bond donors (Lipinski definition) is 2. The summed E-state index contributed by atoms with van der Waals surface area (Å²) < 4.78 is 0. The van der Waals surface area contributed by atoms with E-state index in [9.17, 15) is 4.79 Å². The topological polar surface area (TPSA) is 66.6 Å². The van der Waals surface area contributed by atoms with Gasteiger partial charge in [0, 0.05) is 19.8 Å². The summed E-state index contributed by atoms with van der Waals surface area (Å²) >= 11 is 0. The molecule has 4 heteroatoms. The van der Waals surface area contributed by atoms with Crippen LogP contribution in [0.1, 0.15) is 49.9 Å². The molecule has 0 aliphatic rings. The minimum Gasteiger partial charge on any atom is -0.478 e. The van der Waals surface area contributed by atoms with E-state index < -0.39 is 5.97 Å². The number of carboxylic acid groups (broad SMARTS) is 1. The van der Waals surface area contributed by atoms with Gasteiger partial charge in [-0.05, 0) is 43.1 Å². The van der Waals surface area contributed by atoms with Gasteiger partial charge in [0.2, 0.25) is 0 Å². The van der Waals surface area contributed by atoms with Gasteiger partial charge < -0.3 is 15.7 Å². The fourth-order valence-electron chi connectivity index (χ4n) is 1.88. The summed E-state index contributed by atoms with van der Waals surface area (Å²) in [6.07, 6.45) is 5.21. The maximum absolute atomic E-state index is 10.5. The van der Waals surface area contributed by atoms with Gasteiger partial charge in [0.1, 0.15) is 0 Å². The van der Waals surface area contributed by atoms with E-state index in [0.717, 1.165) is 18.2 Å². The van der Waals surface area contributed by atoms with Crippen molar-refractivity contribution in [2.24, 2.45) is 11.7 Å². The summed E-state index contributed by atoms with van der Waals surface area (Å²) in [6, 6.07) is 6.75. The van der Waals surface area contributed by atoms with Gasteiger partial charge in [0.25, 0.3) is 0 Å². The standard InChI is InChI=1S/C9H11NO2.C8H19N/c1-10(2)8-5-3-7(4-6-8)9(11)12;1-3-5-6-8(4-2)7-9/h3-6H,1-2H3,(H,11,12);8H,3-7,9H2,1-2H3. The fraction of sp³-hybridized carbons (Fsp3) is 0.588. The average Bonchev–Trinajstić information content (AvgIpc) is 2.49. The summed E-state index contributed by atoms with van der Waals surface area (Å²) in [7, 11) is 3.82. The van der Waals surface area contributed by atoms with Gasteiger partial charge in [-0.15, -0.1) is 0 Å². The molecule has 21 heavy (non-hydrogen) atoms. The van der Waals surface area contributed by atoms with Gasteiger partial charge in [-0.25, -0.2) is 4.79 Å². The molecule has 4 nitrogen and oxygen atoms in total. The van der Waals surface area contributed by atoms with Gasteiger partial charge >= 0.3 is 5.97 Å². The fourth-order valence-corrected chi connectivity index (χ4v) is 1.88. The monoisotopic (exact) mass is 294 g/mol. The van der Waals surface area contributed by atoms with Gasteiger partial charge in [-0.1, -0.05) is 33.1 Å². The number of carbonyl (C=O) groups is 1.